The lowest BCUT2D eigenvalue weighted by Crippen LogP contribution is -2.33. The molecule has 0 saturated heterocycles. The van der Waals surface area contributed by atoms with Gasteiger partial charge in [0, 0.05) is 34.0 Å². The number of aromatic nitrogens is 2. The summed E-state index contributed by atoms with van der Waals surface area (Å²) >= 11 is 0. The van der Waals surface area contributed by atoms with Crippen LogP contribution in [-0.4, -0.2) is 22.2 Å². The summed E-state index contributed by atoms with van der Waals surface area (Å²) in [5, 5.41) is 3.74. The molecule has 3 aromatic carbocycles. The Morgan fingerprint density at radius 2 is 1.48 bits per heavy atom. The van der Waals surface area contributed by atoms with Crippen LogP contribution in [0.2, 0.25) is 0 Å². The molecule has 52 heavy (non-hydrogen) atoms. The smallest absolute Gasteiger partial charge is 0.192 e. The van der Waals surface area contributed by atoms with E-state index in [0.717, 1.165) is 78.2 Å². The van der Waals surface area contributed by atoms with E-state index in [0.29, 0.717) is 0 Å². The van der Waals surface area contributed by atoms with Crippen LogP contribution >= 0.6 is 0 Å². The van der Waals surface area contributed by atoms with Gasteiger partial charge in [0.25, 0.3) is 0 Å². The Labute approximate surface area is 305 Å². The lowest BCUT2D eigenvalue weighted by Gasteiger charge is -2.31. The van der Waals surface area contributed by atoms with E-state index < -0.39 is 0 Å². The summed E-state index contributed by atoms with van der Waals surface area (Å²) in [6, 6.07) is 30.5. The molecule has 5 heteroatoms. The van der Waals surface area contributed by atoms with Crippen LogP contribution in [-0.2, 0) is 4.74 Å². The van der Waals surface area contributed by atoms with E-state index >= 15 is 0 Å². The van der Waals surface area contributed by atoms with Gasteiger partial charge in [-0.3, -0.25) is 0 Å². The van der Waals surface area contributed by atoms with Crippen LogP contribution in [0.15, 0.2) is 174 Å². The molecule has 0 saturated carbocycles. The number of benzene rings is 3. The molecule has 10 rings (SSSR count). The molecule has 0 amide bonds. The maximum absolute atomic E-state index is 6.76. The molecule has 5 nitrogen and oxygen atoms in total. The summed E-state index contributed by atoms with van der Waals surface area (Å²) in [5.74, 6) is 2.05. The highest BCUT2D eigenvalue weighted by atomic mass is 16.5. The molecular formula is C47H40N4O. The Morgan fingerprint density at radius 3 is 2.29 bits per heavy atom. The van der Waals surface area contributed by atoms with Crippen molar-refractivity contribution in [1.82, 2.24) is 15.3 Å². The number of nitrogens with zero attached hydrogens (tertiary/aromatic N) is 3. The number of rotatable bonds is 6. The van der Waals surface area contributed by atoms with E-state index in [1.165, 1.54) is 39.4 Å². The van der Waals surface area contributed by atoms with Crippen molar-refractivity contribution in [2.75, 3.05) is 4.90 Å². The van der Waals surface area contributed by atoms with Crippen LogP contribution in [0.4, 0.5) is 5.69 Å². The van der Waals surface area contributed by atoms with E-state index in [9.17, 15) is 0 Å². The van der Waals surface area contributed by atoms with E-state index in [1.54, 1.807) is 0 Å². The van der Waals surface area contributed by atoms with Gasteiger partial charge in [0.2, 0.25) is 0 Å². The summed E-state index contributed by atoms with van der Waals surface area (Å²) < 4.78 is 6.76. The Hall–Kier alpha value is -5.94. The van der Waals surface area contributed by atoms with Gasteiger partial charge in [-0.1, -0.05) is 115 Å². The van der Waals surface area contributed by atoms with Gasteiger partial charge in [-0.15, -0.1) is 0 Å². The van der Waals surface area contributed by atoms with Gasteiger partial charge in [0.05, 0.1) is 23.1 Å². The Balaban J connectivity index is 0.986. The molecule has 6 aliphatic rings. The van der Waals surface area contributed by atoms with Crippen molar-refractivity contribution in [1.29, 1.82) is 0 Å². The molecule has 3 atom stereocenters. The third-order valence-corrected chi connectivity index (χ3v) is 11.1. The molecule has 3 heterocycles. The average Bonchev–Trinajstić information content (AvgIpc) is 3.82. The second-order valence-corrected chi connectivity index (χ2v) is 14.3. The van der Waals surface area contributed by atoms with Gasteiger partial charge < -0.3 is 15.0 Å². The van der Waals surface area contributed by atoms with Gasteiger partial charge in [-0.25, -0.2) is 9.97 Å². The minimum absolute atomic E-state index is 0.0704. The van der Waals surface area contributed by atoms with E-state index in [-0.39, 0.29) is 18.2 Å². The number of hydrogen-bond donors (Lipinski definition) is 1. The minimum Gasteiger partial charge on any atom is -0.465 e. The molecule has 254 valence electrons. The monoisotopic (exact) mass is 676 g/mol. The summed E-state index contributed by atoms with van der Waals surface area (Å²) in [6.07, 6.45) is 28.5. The van der Waals surface area contributed by atoms with Crippen LogP contribution in [0.1, 0.15) is 44.2 Å². The van der Waals surface area contributed by atoms with Gasteiger partial charge >= 0.3 is 0 Å². The first-order chi connectivity index (χ1) is 25.8. The Morgan fingerprint density at radius 1 is 0.692 bits per heavy atom. The van der Waals surface area contributed by atoms with Crippen LogP contribution in [0.25, 0.3) is 39.3 Å². The summed E-state index contributed by atoms with van der Waals surface area (Å²) in [6.45, 7) is 0. The molecule has 2 aliphatic heterocycles. The first kappa shape index (κ1) is 30.8. The second-order valence-electron chi connectivity index (χ2n) is 14.3. The highest BCUT2D eigenvalue weighted by Gasteiger charge is 2.46. The van der Waals surface area contributed by atoms with E-state index in [4.69, 9.17) is 14.7 Å². The summed E-state index contributed by atoms with van der Waals surface area (Å²) in [4.78, 5) is 12.9. The summed E-state index contributed by atoms with van der Waals surface area (Å²) in [5.41, 5.74) is 14.0. The number of ether oxygens (including phenoxy) is 1. The second kappa shape index (κ2) is 13.0. The largest absolute Gasteiger partial charge is 0.465 e. The standard InChI is InChI=1S/C47H40N4O/c1-4-12-31(13-5-1)32-20-22-34(23-21-32)41-30-40(33-14-6-2-7-15-33)48-46(49-41)35-24-26-37(27-25-35)51-42-19-11-10-18-38(42)44-43(51)29-28-39-45(44)52-47(50-39)36-16-8-3-9-17-36/h1,3-6,8,10-16,18-27,30,38,42,47,50H,2,7,9,17,28-29H2. The van der Waals surface area contributed by atoms with Gasteiger partial charge in [0.1, 0.15) is 5.76 Å². The zero-order chi connectivity index (χ0) is 34.4. The number of allylic oxidation sites excluding steroid dienone is 12. The number of anilines is 1. The fraction of sp³-hybridized carbons (Fsp3) is 0.191. The summed E-state index contributed by atoms with van der Waals surface area (Å²) in [7, 11) is 0. The van der Waals surface area contributed by atoms with E-state index in [1.807, 2.05) is 0 Å². The predicted octanol–water partition coefficient (Wildman–Crippen LogP) is 10.6. The van der Waals surface area contributed by atoms with Crippen LogP contribution < -0.4 is 10.2 Å². The van der Waals surface area contributed by atoms with Gasteiger partial charge in [-0.2, -0.15) is 0 Å². The molecule has 1 aromatic heterocycles. The van der Waals surface area contributed by atoms with Crippen molar-refractivity contribution in [3.63, 3.8) is 0 Å². The van der Waals surface area contributed by atoms with Crippen molar-refractivity contribution in [2.24, 2.45) is 5.92 Å². The van der Waals surface area contributed by atoms with Gasteiger partial charge in [-0.05, 0) is 91.1 Å². The minimum atomic E-state index is -0.0704. The SMILES string of the molecule is C1=CCCC(C2NC3=C(O2)C2=C(CC3)N(c3ccc(-c4nc(C5=CCCC=C5)cc(-c5ccc(-c6ccccc6)cc5)n4)cc3)C3C=CC=CC23)=C1. The van der Waals surface area contributed by atoms with E-state index in [2.05, 4.69) is 156 Å². The molecule has 4 aliphatic carbocycles. The maximum Gasteiger partial charge on any atom is 0.192 e. The fourth-order valence-electron chi connectivity index (χ4n) is 8.49. The Kier molecular flexibility index (Phi) is 7.71. The zero-order valence-corrected chi connectivity index (χ0v) is 29.1. The molecule has 4 aromatic rings. The Bertz CT molecular complexity index is 2300. The number of fused-ring (bicyclic) bond motifs is 3. The van der Waals surface area contributed by atoms with Crippen molar-refractivity contribution >= 4 is 11.3 Å². The topological polar surface area (TPSA) is 50.3 Å². The lowest BCUT2D eigenvalue weighted by atomic mass is 9.86. The third kappa shape index (κ3) is 5.48. The first-order valence-corrected chi connectivity index (χ1v) is 18.7. The van der Waals surface area contributed by atoms with Crippen molar-refractivity contribution < 1.29 is 4.74 Å². The van der Waals surface area contributed by atoms with Crippen LogP contribution in [0, 0.1) is 5.92 Å². The molecule has 1 N–H and O–H groups in total. The third-order valence-electron chi connectivity index (χ3n) is 11.1. The zero-order valence-electron chi connectivity index (χ0n) is 29.1. The predicted molar refractivity (Wildman–Crippen MR) is 210 cm³/mol. The molecular weight excluding hydrogens is 637 g/mol. The molecule has 0 fully saturated rings. The maximum atomic E-state index is 6.76. The van der Waals surface area contributed by atoms with Crippen molar-refractivity contribution in [3.05, 3.63) is 180 Å². The average molecular weight is 677 g/mol. The first-order valence-electron chi connectivity index (χ1n) is 18.7. The highest BCUT2D eigenvalue weighted by molar-refractivity contribution is 5.78. The number of hydrogen-bond acceptors (Lipinski definition) is 5. The van der Waals surface area contributed by atoms with Gasteiger partial charge in [0.15, 0.2) is 12.1 Å². The normalized spacial score (nSPS) is 22.8. The fourth-order valence-corrected chi connectivity index (χ4v) is 8.49. The molecule has 0 radical (unpaired) electrons. The van der Waals surface area contributed by atoms with Crippen molar-refractivity contribution in [3.8, 4) is 33.8 Å². The lowest BCUT2D eigenvalue weighted by molar-refractivity contribution is 0.158. The molecule has 0 spiro atoms. The molecule has 3 unspecified atom stereocenters. The number of nitrogens with one attached hydrogen (secondary N) is 1. The molecule has 0 bridgehead atoms. The van der Waals surface area contributed by atoms with Crippen molar-refractivity contribution in [2.45, 2.75) is 50.8 Å². The quantitative estimate of drug-likeness (QED) is 0.220. The highest BCUT2D eigenvalue weighted by Crippen LogP contribution is 2.50. The van der Waals surface area contributed by atoms with Crippen LogP contribution in [0.3, 0.4) is 0 Å². The van der Waals surface area contributed by atoms with Crippen LogP contribution in [0.5, 0.6) is 0 Å².